The molecule has 0 amide bonds. The molecule has 2 N–H and O–H groups in total. The molecule has 8 nitrogen and oxygen atoms in total. The van der Waals surface area contributed by atoms with E-state index >= 15 is 0 Å². The Morgan fingerprint density at radius 2 is 0.870 bits per heavy atom. The van der Waals surface area contributed by atoms with E-state index in [-0.39, 0.29) is 13.1 Å². The molecule has 0 aromatic heterocycles. The molecule has 0 saturated carbocycles. The van der Waals surface area contributed by atoms with E-state index < -0.39 is 80.8 Å². The maximum absolute atomic E-state index is 14.6. The van der Waals surface area contributed by atoms with E-state index in [9.17, 15) is 35.9 Å². The van der Waals surface area contributed by atoms with Crippen LogP contribution in [0.3, 0.4) is 0 Å². The Labute approximate surface area is 259 Å². The summed E-state index contributed by atoms with van der Waals surface area (Å²) in [7, 11) is 4.28. The number of methoxy groups -OCH3 is 4. The number of halogens is 6. The van der Waals surface area contributed by atoms with Gasteiger partial charge in [-0.15, -0.1) is 0 Å². The third-order valence-electron chi connectivity index (χ3n) is 6.37. The monoisotopic (exact) mass is 650 g/mol. The standard InChI is InChI=1S/C17H17F2NO4.C15H11F4NO2/c1-22-15-11(17(21)24-3)16(23-2)13(19)14(12(15)18)20-9-10-7-5-4-6-8-10;1-22-15(21)9-10(16)12(18)14(13(19)11(9)17)20-7-8-5-3-2-4-6-8/h4-8,20H,9H2,1-3H3;2-6,20H,7H2,1H3. The van der Waals surface area contributed by atoms with Crippen molar-refractivity contribution < 1.29 is 54.9 Å². The van der Waals surface area contributed by atoms with Crippen molar-refractivity contribution in [2.75, 3.05) is 39.1 Å². The van der Waals surface area contributed by atoms with Crippen molar-refractivity contribution in [3.8, 4) is 11.5 Å². The summed E-state index contributed by atoms with van der Waals surface area (Å²) in [5.41, 5.74) is -1.79. The summed E-state index contributed by atoms with van der Waals surface area (Å²) in [6, 6.07) is 17.5. The second-order valence-corrected chi connectivity index (χ2v) is 9.11. The Hall–Kier alpha value is -5.40. The molecular formula is C32H28F6N2O6. The maximum Gasteiger partial charge on any atom is 0.345 e. The molecule has 0 aliphatic heterocycles. The topological polar surface area (TPSA) is 95.1 Å². The first kappa shape index (κ1) is 35.1. The zero-order valence-electron chi connectivity index (χ0n) is 24.9. The Morgan fingerprint density at radius 3 is 1.22 bits per heavy atom. The lowest BCUT2D eigenvalue weighted by atomic mass is 10.1. The lowest BCUT2D eigenvalue weighted by Gasteiger charge is -2.17. The number of benzene rings is 4. The van der Waals surface area contributed by atoms with Crippen LogP contribution in [0.15, 0.2) is 60.7 Å². The number of rotatable bonds is 10. The van der Waals surface area contributed by atoms with Crippen molar-refractivity contribution in [3.63, 3.8) is 0 Å². The summed E-state index contributed by atoms with van der Waals surface area (Å²) in [5, 5.41) is 4.95. The largest absolute Gasteiger partial charge is 0.493 e. The Bertz CT molecular complexity index is 1630. The number of hydrogen-bond donors (Lipinski definition) is 2. The van der Waals surface area contributed by atoms with Gasteiger partial charge in [0.1, 0.15) is 22.5 Å². The van der Waals surface area contributed by atoms with Crippen LogP contribution < -0.4 is 20.1 Å². The van der Waals surface area contributed by atoms with E-state index in [1.165, 1.54) is 14.2 Å². The van der Waals surface area contributed by atoms with Crippen LogP contribution in [-0.4, -0.2) is 40.4 Å². The molecule has 4 aromatic rings. The maximum atomic E-state index is 14.6. The lowest BCUT2D eigenvalue weighted by molar-refractivity contribution is 0.0579. The summed E-state index contributed by atoms with van der Waals surface area (Å²) >= 11 is 0. The number of nitrogens with one attached hydrogen (secondary N) is 2. The van der Waals surface area contributed by atoms with Gasteiger partial charge in [-0.3, -0.25) is 0 Å². The van der Waals surface area contributed by atoms with Crippen LogP contribution in [-0.2, 0) is 22.6 Å². The minimum absolute atomic E-state index is 0.0505. The average Bonchev–Trinajstić information content (AvgIpc) is 3.08. The molecule has 244 valence electrons. The van der Waals surface area contributed by atoms with E-state index in [4.69, 9.17) is 9.47 Å². The molecule has 4 rings (SSSR count). The third-order valence-corrected chi connectivity index (χ3v) is 6.37. The van der Waals surface area contributed by atoms with Crippen LogP contribution in [0.5, 0.6) is 11.5 Å². The molecule has 0 fully saturated rings. The zero-order chi connectivity index (χ0) is 34.0. The molecule has 0 aliphatic rings. The fourth-order valence-electron chi connectivity index (χ4n) is 4.11. The predicted octanol–water partition coefficient (Wildman–Crippen LogP) is 7.02. The number of ether oxygens (including phenoxy) is 4. The molecule has 0 heterocycles. The van der Waals surface area contributed by atoms with Gasteiger partial charge in [-0.1, -0.05) is 60.7 Å². The van der Waals surface area contributed by atoms with E-state index in [1.54, 1.807) is 42.5 Å². The van der Waals surface area contributed by atoms with Gasteiger partial charge in [-0.25, -0.2) is 35.9 Å². The highest BCUT2D eigenvalue weighted by molar-refractivity contribution is 5.97. The predicted molar refractivity (Wildman–Crippen MR) is 156 cm³/mol. The summed E-state index contributed by atoms with van der Waals surface area (Å²) in [6.07, 6.45) is 0. The molecule has 0 saturated heterocycles. The minimum atomic E-state index is -1.80. The van der Waals surface area contributed by atoms with Crippen LogP contribution in [0.4, 0.5) is 37.7 Å². The highest BCUT2D eigenvalue weighted by Crippen LogP contribution is 2.40. The van der Waals surface area contributed by atoms with E-state index in [2.05, 4.69) is 20.1 Å². The quantitative estimate of drug-likeness (QED) is 0.107. The first-order valence-electron chi connectivity index (χ1n) is 13.2. The molecule has 0 spiro atoms. The molecule has 0 aliphatic carbocycles. The molecule has 0 bridgehead atoms. The molecule has 0 atom stereocenters. The third kappa shape index (κ3) is 7.62. The van der Waals surface area contributed by atoms with Crippen molar-refractivity contribution in [1.82, 2.24) is 0 Å². The van der Waals surface area contributed by atoms with Gasteiger partial charge in [0.25, 0.3) is 0 Å². The first-order chi connectivity index (χ1) is 22.0. The van der Waals surface area contributed by atoms with E-state index in [1.807, 2.05) is 18.2 Å². The van der Waals surface area contributed by atoms with Crippen molar-refractivity contribution in [2.45, 2.75) is 13.1 Å². The van der Waals surface area contributed by atoms with E-state index in [0.717, 1.165) is 19.8 Å². The van der Waals surface area contributed by atoms with Crippen LogP contribution in [0, 0.1) is 34.9 Å². The molecule has 0 unspecified atom stereocenters. The highest BCUT2D eigenvalue weighted by atomic mass is 19.2. The van der Waals surface area contributed by atoms with Crippen molar-refractivity contribution in [1.29, 1.82) is 0 Å². The molecule has 46 heavy (non-hydrogen) atoms. The van der Waals surface area contributed by atoms with Gasteiger partial charge in [0.05, 0.1) is 28.4 Å². The number of carbonyl (C=O) groups is 2. The van der Waals surface area contributed by atoms with Crippen LogP contribution in [0.25, 0.3) is 0 Å². The zero-order valence-corrected chi connectivity index (χ0v) is 24.9. The Kier molecular flexibility index (Phi) is 12.3. The van der Waals surface area contributed by atoms with Gasteiger partial charge >= 0.3 is 11.9 Å². The Balaban J connectivity index is 0.000000251. The van der Waals surface area contributed by atoms with Crippen LogP contribution in [0.2, 0.25) is 0 Å². The van der Waals surface area contributed by atoms with Crippen molar-refractivity contribution in [3.05, 3.63) is 118 Å². The Morgan fingerprint density at radius 1 is 0.522 bits per heavy atom. The smallest absolute Gasteiger partial charge is 0.345 e. The van der Waals surface area contributed by atoms with Crippen molar-refractivity contribution >= 4 is 23.3 Å². The van der Waals surface area contributed by atoms with Gasteiger partial charge in [0, 0.05) is 13.1 Å². The second kappa shape index (κ2) is 16.1. The van der Waals surface area contributed by atoms with Gasteiger partial charge in [0.2, 0.25) is 0 Å². The van der Waals surface area contributed by atoms with Gasteiger partial charge in [-0.2, -0.15) is 0 Å². The normalized spacial score (nSPS) is 10.3. The van der Waals surface area contributed by atoms with E-state index in [0.29, 0.717) is 5.56 Å². The highest BCUT2D eigenvalue weighted by Gasteiger charge is 2.31. The second-order valence-electron chi connectivity index (χ2n) is 9.11. The summed E-state index contributed by atoms with van der Waals surface area (Å²) in [4.78, 5) is 23.0. The minimum Gasteiger partial charge on any atom is -0.493 e. The summed E-state index contributed by atoms with van der Waals surface area (Å²) < 4.78 is 103. The summed E-state index contributed by atoms with van der Waals surface area (Å²) in [6.45, 7) is 0.129. The lowest BCUT2D eigenvalue weighted by Crippen LogP contribution is -2.15. The van der Waals surface area contributed by atoms with Gasteiger partial charge < -0.3 is 29.6 Å². The molecular weight excluding hydrogens is 622 g/mol. The van der Waals surface area contributed by atoms with Crippen LogP contribution >= 0.6 is 0 Å². The molecule has 4 aromatic carbocycles. The summed E-state index contributed by atoms with van der Waals surface area (Å²) in [5.74, 6) is -12.4. The molecule has 14 heteroatoms. The number of anilines is 2. The fourth-order valence-corrected chi connectivity index (χ4v) is 4.11. The van der Waals surface area contributed by atoms with Crippen LogP contribution in [0.1, 0.15) is 31.8 Å². The fraction of sp³-hybridized carbons (Fsp3) is 0.188. The van der Waals surface area contributed by atoms with Gasteiger partial charge in [0.15, 0.2) is 46.4 Å². The van der Waals surface area contributed by atoms with Crippen molar-refractivity contribution in [2.24, 2.45) is 0 Å². The van der Waals surface area contributed by atoms with Gasteiger partial charge in [-0.05, 0) is 11.1 Å². The number of hydrogen-bond acceptors (Lipinski definition) is 8. The molecule has 0 radical (unpaired) electrons. The SMILES string of the molecule is COC(=O)c1c(F)c(F)c(NCc2ccccc2)c(F)c1F.COC(=O)c1c(OC)c(F)c(NCc2ccccc2)c(F)c1OC. The first-order valence-corrected chi connectivity index (χ1v) is 13.2. The number of carbonyl (C=O) groups excluding carboxylic acids is 2. The average molecular weight is 651 g/mol. The number of esters is 2.